The molecule has 0 saturated carbocycles. The number of hydrogen-bond donors (Lipinski definition) is 2. The van der Waals surface area contributed by atoms with Crippen molar-refractivity contribution in [1.82, 2.24) is 4.90 Å². The minimum Gasteiger partial charge on any atom is -0.491 e. The molecule has 1 amide bonds. The number of nitrogens with zero attached hydrogens (tertiary/aromatic N) is 1. The fourth-order valence-corrected chi connectivity index (χ4v) is 6.29. The Hall–Kier alpha value is -4.15. The minimum atomic E-state index is -0.982. The summed E-state index contributed by atoms with van der Waals surface area (Å²) in [4.78, 5) is 28.7. The van der Waals surface area contributed by atoms with E-state index in [2.05, 4.69) is 5.32 Å². The molecular formula is C34H39FN2O7. The molecular weight excluding hydrogens is 567 g/mol. The lowest BCUT2D eigenvalue weighted by molar-refractivity contribution is -0.143. The SMILES string of the molecule is CCc1cc(F)cc(CC)c1NC(=O)CN1C[C@H](c2ccc3c(c2)OCCO3)C(C(=O)O)[C@@H]1c1ccccc1OCCOC. The largest absolute Gasteiger partial charge is 0.491 e. The molecule has 3 atom stereocenters. The molecule has 0 aromatic heterocycles. The molecule has 0 spiro atoms. The highest BCUT2D eigenvalue weighted by Crippen LogP contribution is 2.49. The first-order chi connectivity index (χ1) is 21.3. The van der Waals surface area contributed by atoms with Gasteiger partial charge in [0.25, 0.3) is 0 Å². The van der Waals surface area contributed by atoms with E-state index < -0.39 is 23.8 Å². The molecule has 0 radical (unpaired) electrons. The molecule has 2 N–H and O–H groups in total. The van der Waals surface area contributed by atoms with Gasteiger partial charge in [0.2, 0.25) is 5.91 Å². The molecule has 1 unspecified atom stereocenters. The standard InChI is InChI=1S/C34H39FN2O7/c1-4-21-16-24(35)17-22(5-2)32(21)36-30(38)20-37-19-26(23-10-11-28-29(18-23)44-15-14-43-28)31(34(39)40)33(37)25-8-6-7-9-27(25)42-13-12-41-3/h6-11,16-18,26,31,33H,4-5,12-15,19-20H2,1-3H3,(H,36,38)(H,39,40)/t26-,31?,33+/m1/s1. The summed E-state index contributed by atoms with van der Waals surface area (Å²) in [6.07, 6.45) is 1.10. The van der Waals surface area contributed by atoms with Gasteiger partial charge in [0, 0.05) is 30.8 Å². The molecule has 3 aromatic rings. The zero-order chi connectivity index (χ0) is 31.2. The number of para-hydroxylation sites is 1. The summed E-state index contributed by atoms with van der Waals surface area (Å²) in [5.74, 6) is -1.27. The maximum absolute atomic E-state index is 14.3. The first-order valence-corrected chi connectivity index (χ1v) is 15.0. The van der Waals surface area contributed by atoms with Crippen LogP contribution in [0.25, 0.3) is 0 Å². The Morgan fingerprint density at radius 1 is 1.00 bits per heavy atom. The first kappa shape index (κ1) is 31.3. The summed E-state index contributed by atoms with van der Waals surface area (Å²) < 4.78 is 36.9. The van der Waals surface area contributed by atoms with Crippen molar-refractivity contribution in [2.75, 3.05) is 51.9 Å². The maximum Gasteiger partial charge on any atom is 0.309 e. The number of carboxylic acids is 1. The van der Waals surface area contributed by atoms with Gasteiger partial charge in [0.15, 0.2) is 11.5 Å². The van der Waals surface area contributed by atoms with Crippen molar-refractivity contribution >= 4 is 17.6 Å². The summed E-state index contributed by atoms with van der Waals surface area (Å²) in [6.45, 7) is 5.56. The van der Waals surface area contributed by atoms with Crippen molar-refractivity contribution in [3.05, 3.63) is 82.7 Å². The zero-order valence-corrected chi connectivity index (χ0v) is 25.3. The van der Waals surface area contributed by atoms with E-state index in [-0.39, 0.29) is 24.9 Å². The smallest absolute Gasteiger partial charge is 0.309 e. The highest BCUT2D eigenvalue weighted by Gasteiger charge is 2.49. The number of methoxy groups -OCH3 is 1. The number of nitrogens with one attached hydrogen (secondary N) is 1. The number of carboxylic acid groups (broad SMARTS) is 1. The Morgan fingerprint density at radius 2 is 1.70 bits per heavy atom. The molecule has 0 aliphatic carbocycles. The molecule has 5 rings (SSSR count). The van der Waals surface area contributed by atoms with E-state index in [1.807, 2.05) is 55.1 Å². The number of benzene rings is 3. The monoisotopic (exact) mass is 606 g/mol. The van der Waals surface area contributed by atoms with Gasteiger partial charge in [-0.1, -0.05) is 38.1 Å². The second-order valence-electron chi connectivity index (χ2n) is 11.0. The van der Waals surface area contributed by atoms with Gasteiger partial charge in [-0.05, 0) is 59.9 Å². The predicted molar refractivity (Wildman–Crippen MR) is 163 cm³/mol. The molecule has 2 heterocycles. The topological polar surface area (TPSA) is 107 Å². The molecule has 3 aromatic carbocycles. The van der Waals surface area contributed by atoms with E-state index in [9.17, 15) is 19.1 Å². The van der Waals surface area contributed by atoms with Crippen LogP contribution < -0.4 is 19.5 Å². The van der Waals surface area contributed by atoms with E-state index in [0.29, 0.717) is 78.8 Å². The van der Waals surface area contributed by atoms with E-state index in [1.54, 1.807) is 13.2 Å². The van der Waals surface area contributed by atoms with Crippen LogP contribution in [0.5, 0.6) is 17.2 Å². The molecule has 44 heavy (non-hydrogen) atoms. The first-order valence-electron chi connectivity index (χ1n) is 15.0. The third kappa shape index (κ3) is 6.66. The quantitative estimate of drug-likeness (QED) is 0.270. The van der Waals surface area contributed by atoms with Crippen LogP contribution in [0.4, 0.5) is 10.1 Å². The lowest BCUT2D eigenvalue weighted by atomic mass is 9.82. The van der Waals surface area contributed by atoms with Crippen LogP contribution >= 0.6 is 0 Å². The van der Waals surface area contributed by atoms with Crippen molar-refractivity contribution in [1.29, 1.82) is 0 Å². The average Bonchev–Trinajstić information content (AvgIpc) is 3.40. The predicted octanol–water partition coefficient (Wildman–Crippen LogP) is 5.23. The Balaban J connectivity index is 1.52. The normalized spacial score (nSPS) is 19.5. The van der Waals surface area contributed by atoms with Crippen LogP contribution in [0, 0.1) is 11.7 Å². The average molecular weight is 607 g/mol. The number of aliphatic carboxylic acids is 1. The van der Waals surface area contributed by atoms with Crippen molar-refractivity contribution in [3.8, 4) is 17.2 Å². The van der Waals surface area contributed by atoms with Gasteiger partial charge in [-0.2, -0.15) is 0 Å². The van der Waals surface area contributed by atoms with Crippen LogP contribution in [-0.4, -0.2) is 68.5 Å². The number of carbonyl (C=O) groups is 2. The third-order valence-electron chi connectivity index (χ3n) is 8.30. The van der Waals surface area contributed by atoms with Gasteiger partial charge in [-0.15, -0.1) is 0 Å². The summed E-state index contributed by atoms with van der Waals surface area (Å²) >= 11 is 0. The number of fused-ring (bicyclic) bond motifs is 1. The van der Waals surface area contributed by atoms with Crippen LogP contribution in [-0.2, 0) is 27.2 Å². The van der Waals surface area contributed by atoms with Crippen molar-refractivity contribution in [2.24, 2.45) is 5.92 Å². The molecule has 1 fully saturated rings. The van der Waals surface area contributed by atoms with Crippen LogP contribution in [0.3, 0.4) is 0 Å². The molecule has 9 nitrogen and oxygen atoms in total. The highest BCUT2D eigenvalue weighted by atomic mass is 19.1. The Kier molecular flexibility index (Phi) is 10.0. The van der Waals surface area contributed by atoms with Gasteiger partial charge in [-0.25, -0.2) is 4.39 Å². The lowest BCUT2D eigenvalue weighted by Gasteiger charge is -2.28. The van der Waals surface area contributed by atoms with E-state index >= 15 is 0 Å². The van der Waals surface area contributed by atoms with Gasteiger partial charge >= 0.3 is 5.97 Å². The Labute approximate surface area is 256 Å². The number of carbonyl (C=O) groups excluding carboxylic acids is 1. The molecule has 10 heteroatoms. The van der Waals surface area contributed by atoms with Crippen molar-refractivity contribution < 1.29 is 38.0 Å². The van der Waals surface area contributed by atoms with E-state index in [0.717, 1.165) is 5.56 Å². The van der Waals surface area contributed by atoms with Gasteiger partial charge < -0.3 is 29.4 Å². The molecule has 0 bridgehead atoms. The van der Waals surface area contributed by atoms with Gasteiger partial charge in [-0.3, -0.25) is 14.5 Å². The Morgan fingerprint density at radius 3 is 2.39 bits per heavy atom. The zero-order valence-electron chi connectivity index (χ0n) is 25.3. The minimum absolute atomic E-state index is 0.0778. The van der Waals surface area contributed by atoms with Gasteiger partial charge in [0.05, 0.1) is 25.1 Å². The molecule has 234 valence electrons. The number of aryl methyl sites for hydroxylation is 2. The van der Waals surface area contributed by atoms with Gasteiger partial charge in [0.1, 0.15) is 31.4 Å². The number of likely N-dealkylation sites (tertiary alicyclic amines) is 1. The van der Waals surface area contributed by atoms with Crippen molar-refractivity contribution in [3.63, 3.8) is 0 Å². The fraction of sp³-hybridized carbons (Fsp3) is 0.412. The third-order valence-corrected chi connectivity index (χ3v) is 8.30. The van der Waals surface area contributed by atoms with Crippen LogP contribution in [0.15, 0.2) is 54.6 Å². The van der Waals surface area contributed by atoms with E-state index in [4.69, 9.17) is 18.9 Å². The van der Waals surface area contributed by atoms with Crippen LogP contribution in [0.2, 0.25) is 0 Å². The summed E-state index contributed by atoms with van der Waals surface area (Å²) in [5, 5.41) is 13.7. The summed E-state index contributed by atoms with van der Waals surface area (Å²) in [5.41, 5.74) is 3.49. The number of amides is 1. The number of halogens is 1. The second-order valence-corrected chi connectivity index (χ2v) is 11.0. The molecule has 2 aliphatic rings. The molecule has 2 aliphatic heterocycles. The summed E-state index contributed by atoms with van der Waals surface area (Å²) in [7, 11) is 1.58. The fourth-order valence-electron chi connectivity index (χ4n) is 6.29. The molecule has 1 saturated heterocycles. The maximum atomic E-state index is 14.3. The summed E-state index contributed by atoms with van der Waals surface area (Å²) in [6, 6.07) is 15.1. The van der Waals surface area contributed by atoms with Crippen LogP contribution in [0.1, 0.15) is 48.1 Å². The number of anilines is 1. The lowest BCUT2D eigenvalue weighted by Crippen LogP contribution is -2.35. The highest BCUT2D eigenvalue weighted by molar-refractivity contribution is 5.94. The number of ether oxygens (including phenoxy) is 4. The van der Waals surface area contributed by atoms with Crippen molar-refractivity contribution in [2.45, 2.75) is 38.6 Å². The Bertz CT molecular complexity index is 1470. The van der Waals surface area contributed by atoms with E-state index in [1.165, 1.54) is 12.1 Å². The second kappa shape index (κ2) is 14.1. The number of hydrogen-bond acceptors (Lipinski definition) is 7. The number of rotatable bonds is 12.